The zero-order valence-electron chi connectivity index (χ0n) is 12.0. The van der Waals surface area contributed by atoms with Crippen LogP contribution in [0.15, 0.2) is 18.3 Å². The van der Waals surface area contributed by atoms with E-state index in [1.54, 1.807) is 12.1 Å². The third-order valence-electron chi connectivity index (χ3n) is 4.00. The number of anilines is 1. The van der Waals surface area contributed by atoms with Crippen LogP contribution in [0.25, 0.3) is 0 Å². The van der Waals surface area contributed by atoms with E-state index in [0.29, 0.717) is 23.2 Å². The molecule has 1 unspecified atom stereocenters. The van der Waals surface area contributed by atoms with Gasteiger partial charge in [-0.3, -0.25) is 4.79 Å². The normalized spacial score (nSPS) is 19.0. The number of nitrogens with zero attached hydrogens (tertiary/aromatic N) is 1. The fourth-order valence-corrected chi connectivity index (χ4v) is 2.91. The highest BCUT2D eigenvalue weighted by Crippen LogP contribution is 2.27. The molecule has 4 N–H and O–H groups in total. The summed E-state index contributed by atoms with van der Waals surface area (Å²) in [4.78, 5) is 15.8. The van der Waals surface area contributed by atoms with Gasteiger partial charge in [-0.2, -0.15) is 0 Å². The number of halogens is 1. The maximum Gasteiger partial charge on any atom is 0.254 e. The second-order valence-corrected chi connectivity index (χ2v) is 6.09. The molecule has 2 atom stereocenters. The van der Waals surface area contributed by atoms with Crippen molar-refractivity contribution < 1.29 is 9.90 Å². The molecule has 2 rings (SSSR count). The molecule has 0 aromatic carbocycles. The minimum absolute atomic E-state index is 0.350. The molecule has 0 bridgehead atoms. The van der Waals surface area contributed by atoms with E-state index in [1.807, 2.05) is 0 Å². The predicted octanol–water partition coefficient (Wildman–Crippen LogP) is 2.33. The molecular formula is C15H22ClN3O2. The van der Waals surface area contributed by atoms with Crippen LogP contribution in [0.5, 0.6) is 0 Å². The molecule has 5 nitrogen and oxygen atoms in total. The molecule has 1 aliphatic rings. The molecule has 0 radical (unpaired) electrons. The zero-order chi connectivity index (χ0) is 15.2. The van der Waals surface area contributed by atoms with Gasteiger partial charge >= 0.3 is 0 Å². The number of rotatable bonds is 5. The van der Waals surface area contributed by atoms with Crippen molar-refractivity contribution in [2.24, 2.45) is 11.7 Å². The summed E-state index contributed by atoms with van der Waals surface area (Å²) in [5.41, 5.74) is 6.47. The summed E-state index contributed by atoms with van der Waals surface area (Å²) in [5.74, 6) is 0.0239. The molecule has 6 heteroatoms. The average molecular weight is 312 g/mol. The molecule has 0 saturated heterocycles. The van der Waals surface area contributed by atoms with Crippen molar-refractivity contribution in [1.82, 2.24) is 4.98 Å². The van der Waals surface area contributed by atoms with Gasteiger partial charge in [0.15, 0.2) is 0 Å². The summed E-state index contributed by atoms with van der Waals surface area (Å²) in [6.07, 6.45) is 6.92. The molecular weight excluding hydrogens is 290 g/mol. The number of carbonyl (C=O) groups excluding carboxylic acids is 1. The monoisotopic (exact) mass is 311 g/mol. The van der Waals surface area contributed by atoms with Crippen LogP contribution >= 0.6 is 11.6 Å². The van der Waals surface area contributed by atoms with Crippen molar-refractivity contribution in [2.75, 3.05) is 5.32 Å². The van der Waals surface area contributed by atoms with Crippen LogP contribution in [0, 0.1) is 5.92 Å². The quantitative estimate of drug-likeness (QED) is 0.728. The molecule has 1 aromatic heterocycles. The van der Waals surface area contributed by atoms with Gasteiger partial charge in [0.1, 0.15) is 11.3 Å². The Morgan fingerprint density at radius 3 is 2.76 bits per heavy atom. The van der Waals surface area contributed by atoms with Gasteiger partial charge in [0.2, 0.25) is 0 Å². The number of nitrogens with one attached hydrogen (secondary N) is 1. The average Bonchev–Trinajstić information content (AvgIpc) is 2.49. The Kier molecular flexibility index (Phi) is 5.96. The Bertz CT molecular complexity index is 460. The summed E-state index contributed by atoms with van der Waals surface area (Å²) in [7, 11) is 0. The van der Waals surface area contributed by atoms with Gasteiger partial charge < -0.3 is 16.2 Å². The summed E-state index contributed by atoms with van der Waals surface area (Å²) >= 11 is 5.68. The van der Waals surface area contributed by atoms with E-state index in [9.17, 15) is 9.90 Å². The van der Waals surface area contributed by atoms with E-state index in [0.717, 1.165) is 12.8 Å². The van der Waals surface area contributed by atoms with Crippen LogP contribution in [0.1, 0.15) is 38.5 Å². The zero-order valence-corrected chi connectivity index (χ0v) is 12.7. The number of carbonyl (C=O) groups is 1. The van der Waals surface area contributed by atoms with E-state index in [2.05, 4.69) is 10.3 Å². The molecule has 1 fully saturated rings. The van der Waals surface area contributed by atoms with Gasteiger partial charge in [0.05, 0.1) is 11.9 Å². The fourth-order valence-electron chi connectivity index (χ4n) is 2.80. The van der Waals surface area contributed by atoms with E-state index in [1.165, 1.54) is 25.5 Å². The Morgan fingerprint density at radius 1 is 1.43 bits per heavy atom. The highest BCUT2D eigenvalue weighted by atomic mass is 35.5. The topological polar surface area (TPSA) is 88.2 Å². The highest BCUT2D eigenvalue weighted by molar-refractivity contribution is 6.29. The van der Waals surface area contributed by atoms with Crippen molar-refractivity contribution in [3.8, 4) is 0 Å². The van der Waals surface area contributed by atoms with Crippen LogP contribution in [-0.2, 0) is 4.79 Å². The number of nitrogens with two attached hydrogens (primary N) is 1. The smallest absolute Gasteiger partial charge is 0.254 e. The second kappa shape index (κ2) is 7.73. The van der Waals surface area contributed by atoms with Crippen molar-refractivity contribution >= 4 is 23.2 Å². The van der Waals surface area contributed by atoms with Gasteiger partial charge in [-0.05, 0) is 24.5 Å². The standard InChI is InChI=1S/C15H22ClN3O2/c16-13-7-6-11(9-18-13)19-15(21)14(20)12(17)8-10-4-2-1-3-5-10/h6-7,9-10,12,14,20H,1-5,8,17H2,(H,19,21)/t12-,14?/m1/s1. The van der Waals surface area contributed by atoms with Crippen LogP contribution < -0.4 is 11.1 Å². The summed E-state index contributed by atoms with van der Waals surface area (Å²) in [6.45, 7) is 0. The van der Waals surface area contributed by atoms with Gasteiger partial charge in [-0.15, -0.1) is 0 Å². The van der Waals surface area contributed by atoms with Crippen LogP contribution in [0.3, 0.4) is 0 Å². The maximum absolute atomic E-state index is 12.0. The fraction of sp³-hybridized carbons (Fsp3) is 0.600. The van der Waals surface area contributed by atoms with Crippen molar-refractivity contribution in [3.05, 3.63) is 23.5 Å². The lowest BCUT2D eigenvalue weighted by Crippen LogP contribution is -2.44. The summed E-state index contributed by atoms with van der Waals surface area (Å²) in [5, 5.41) is 13.0. The minimum atomic E-state index is -1.21. The van der Waals surface area contributed by atoms with Crippen LogP contribution in [0.4, 0.5) is 5.69 Å². The van der Waals surface area contributed by atoms with E-state index < -0.39 is 18.1 Å². The van der Waals surface area contributed by atoms with E-state index >= 15 is 0 Å². The van der Waals surface area contributed by atoms with Crippen molar-refractivity contribution in [2.45, 2.75) is 50.7 Å². The third kappa shape index (κ3) is 4.95. The summed E-state index contributed by atoms with van der Waals surface area (Å²) < 4.78 is 0. The Morgan fingerprint density at radius 2 is 2.14 bits per heavy atom. The summed E-state index contributed by atoms with van der Waals surface area (Å²) in [6, 6.07) is 2.67. The molecule has 0 spiro atoms. The Balaban J connectivity index is 1.84. The molecule has 1 amide bonds. The van der Waals surface area contributed by atoms with Gasteiger partial charge in [0, 0.05) is 6.04 Å². The number of pyridine rings is 1. The molecule has 1 saturated carbocycles. The Labute approximate surface area is 129 Å². The minimum Gasteiger partial charge on any atom is -0.382 e. The van der Waals surface area contributed by atoms with E-state index in [-0.39, 0.29) is 0 Å². The van der Waals surface area contributed by atoms with Crippen LogP contribution in [0.2, 0.25) is 5.15 Å². The van der Waals surface area contributed by atoms with Gasteiger partial charge in [-0.25, -0.2) is 4.98 Å². The van der Waals surface area contributed by atoms with Gasteiger partial charge in [0.25, 0.3) is 5.91 Å². The lowest BCUT2D eigenvalue weighted by Gasteiger charge is -2.26. The van der Waals surface area contributed by atoms with E-state index in [4.69, 9.17) is 17.3 Å². The second-order valence-electron chi connectivity index (χ2n) is 5.71. The SMILES string of the molecule is N[C@H](CC1CCCCC1)C(O)C(=O)Nc1ccc(Cl)nc1. The van der Waals surface area contributed by atoms with Crippen molar-refractivity contribution in [1.29, 1.82) is 0 Å². The largest absolute Gasteiger partial charge is 0.382 e. The lowest BCUT2D eigenvalue weighted by molar-refractivity contribution is -0.125. The number of hydrogen-bond donors (Lipinski definition) is 3. The first kappa shape index (κ1) is 16.2. The predicted molar refractivity (Wildman–Crippen MR) is 83.1 cm³/mol. The van der Waals surface area contributed by atoms with Crippen LogP contribution in [-0.4, -0.2) is 28.1 Å². The number of aromatic nitrogens is 1. The first-order valence-electron chi connectivity index (χ1n) is 7.42. The van der Waals surface area contributed by atoms with Crippen molar-refractivity contribution in [3.63, 3.8) is 0 Å². The first-order chi connectivity index (χ1) is 10.1. The van der Waals surface area contributed by atoms with Gasteiger partial charge in [-0.1, -0.05) is 43.7 Å². The maximum atomic E-state index is 12.0. The molecule has 1 aromatic rings. The number of aliphatic hydroxyl groups excluding tert-OH is 1. The molecule has 21 heavy (non-hydrogen) atoms. The molecule has 0 aliphatic heterocycles. The molecule has 116 valence electrons. The third-order valence-corrected chi connectivity index (χ3v) is 4.22. The lowest BCUT2D eigenvalue weighted by atomic mass is 9.84. The number of hydrogen-bond acceptors (Lipinski definition) is 4. The number of aliphatic hydroxyl groups is 1. The molecule has 1 heterocycles. The number of amides is 1. The first-order valence-corrected chi connectivity index (χ1v) is 7.80. The molecule has 1 aliphatic carbocycles. The highest BCUT2D eigenvalue weighted by Gasteiger charge is 2.26. The Hall–Kier alpha value is -1.17.